The van der Waals surface area contributed by atoms with Crippen molar-refractivity contribution < 1.29 is 9.90 Å². The molecular weight excluding hydrogens is 758 g/mol. The van der Waals surface area contributed by atoms with Crippen molar-refractivity contribution in [3.8, 4) is 0 Å². The number of nitrogens with two attached hydrogens (primary N) is 2. The molecule has 0 aliphatic rings. The smallest absolute Gasteiger partial charge is 0.317 e. The monoisotopic (exact) mass is 870 g/mol. The lowest BCUT2D eigenvalue weighted by atomic mass is 9.65. The number of halogens is 1. The van der Waals surface area contributed by atoms with Gasteiger partial charge in [0.1, 0.15) is 0 Å². The zero-order valence-corrected chi connectivity index (χ0v) is 42.4. The maximum absolute atomic E-state index is 12.7. The first-order valence-electron chi connectivity index (χ1n) is 27.3. The van der Waals surface area contributed by atoms with Crippen molar-refractivity contribution in [2.45, 2.75) is 321 Å². The third-order valence-corrected chi connectivity index (χ3v) is 14.1. The number of rotatable bonds is 50. The van der Waals surface area contributed by atoms with Gasteiger partial charge in [0.2, 0.25) is 0 Å². The van der Waals surface area contributed by atoms with E-state index in [1.54, 1.807) is 0 Å². The highest BCUT2D eigenvalue weighted by Gasteiger charge is 2.51. The van der Waals surface area contributed by atoms with Gasteiger partial charge in [-0.25, -0.2) is 0 Å². The lowest BCUT2D eigenvalue weighted by molar-refractivity contribution is -0.142. The summed E-state index contributed by atoms with van der Waals surface area (Å²) >= 11 is 0. The minimum Gasteiger partial charge on any atom is -0.480 e. The van der Waals surface area contributed by atoms with Crippen LogP contribution in [-0.4, -0.2) is 46.7 Å². The second kappa shape index (κ2) is 46.6. The highest BCUT2D eigenvalue weighted by molar-refractivity contribution is 5.85. The first-order valence-corrected chi connectivity index (χ1v) is 27.3. The van der Waals surface area contributed by atoms with Crippen LogP contribution in [0.5, 0.6) is 0 Å². The van der Waals surface area contributed by atoms with E-state index in [1.165, 1.54) is 231 Å². The number of carbonyl (C=O) groups is 1. The number of aliphatic carboxylic acids is 1. The zero-order chi connectivity index (χ0) is 43.4. The minimum absolute atomic E-state index is 0. The normalized spacial score (nSPS) is 12.1. The summed E-state index contributed by atoms with van der Waals surface area (Å²) in [5.74, 6) is -0.728. The maximum atomic E-state index is 12.7. The molecule has 0 atom stereocenters. The van der Waals surface area contributed by atoms with Crippen molar-refractivity contribution in [1.82, 2.24) is 4.90 Å². The molecule has 5 nitrogen and oxygen atoms in total. The van der Waals surface area contributed by atoms with E-state index in [4.69, 9.17) is 11.5 Å². The van der Waals surface area contributed by atoms with Crippen molar-refractivity contribution in [1.29, 1.82) is 0 Å². The first-order chi connectivity index (χ1) is 28.9. The summed E-state index contributed by atoms with van der Waals surface area (Å²) in [6.07, 6.45) is 56.8. The standard InChI is InChI=1S/C54H111N3O2.ClH/c1-5-9-13-17-21-25-29-33-37-41-45-53(56,46-42-38-34-30-26-22-18-14-10-6-2)54(57(50-49-55)51-52(58)59,47-43-39-35-31-27-23-19-15-11-7-3)48-44-40-36-32-28-24-20-16-12-8-4;/h5-51,55-56H2,1-4H3,(H,58,59);1H. The third-order valence-electron chi connectivity index (χ3n) is 14.1. The van der Waals surface area contributed by atoms with Gasteiger partial charge in [-0.1, -0.05) is 285 Å². The third kappa shape index (κ3) is 34.1. The Hall–Kier alpha value is -0.360. The van der Waals surface area contributed by atoms with Gasteiger partial charge in [0.25, 0.3) is 0 Å². The van der Waals surface area contributed by atoms with Crippen LogP contribution in [0.4, 0.5) is 0 Å². The zero-order valence-electron chi connectivity index (χ0n) is 41.6. The summed E-state index contributed by atoms with van der Waals surface area (Å²) in [4.78, 5) is 15.0. The van der Waals surface area contributed by atoms with Crippen molar-refractivity contribution >= 4 is 18.4 Å². The molecule has 0 saturated heterocycles. The number of unbranched alkanes of at least 4 members (excludes halogenated alkanes) is 36. The van der Waals surface area contributed by atoms with Gasteiger partial charge in [0, 0.05) is 24.2 Å². The molecule has 0 amide bonds. The first kappa shape index (κ1) is 61.7. The number of hydrogen-bond donors (Lipinski definition) is 3. The number of carboxylic acids is 1. The van der Waals surface area contributed by atoms with Crippen LogP contribution in [0.15, 0.2) is 0 Å². The van der Waals surface area contributed by atoms with E-state index in [-0.39, 0.29) is 24.5 Å². The Kier molecular flexibility index (Phi) is 48.0. The molecule has 0 aliphatic heterocycles. The molecule has 0 bridgehead atoms. The molecule has 60 heavy (non-hydrogen) atoms. The number of hydrogen-bond acceptors (Lipinski definition) is 4. The van der Waals surface area contributed by atoms with Crippen LogP contribution >= 0.6 is 12.4 Å². The van der Waals surface area contributed by atoms with Gasteiger partial charge in [-0.05, 0) is 25.7 Å². The molecule has 0 rings (SSSR count). The van der Waals surface area contributed by atoms with Crippen LogP contribution in [0.3, 0.4) is 0 Å². The fourth-order valence-electron chi connectivity index (χ4n) is 10.3. The Morgan fingerprint density at radius 2 is 0.617 bits per heavy atom. The minimum atomic E-state index is -0.728. The van der Waals surface area contributed by atoms with Crippen LogP contribution < -0.4 is 11.5 Å². The van der Waals surface area contributed by atoms with Crippen LogP contribution in [0.2, 0.25) is 0 Å². The summed E-state index contributed by atoms with van der Waals surface area (Å²) in [6, 6.07) is 0. The number of nitrogens with zero attached hydrogens (tertiary/aromatic N) is 1. The van der Waals surface area contributed by atoms with E-state index in [9.17, 15) is 9.90 Å². The molecule has 0 radical (unpaired) electrons. The van der Waals surface area contributed by atoms with Gasteiger partial charge >= 0.3 is 5.97 Å². The van der Waals surface area contributed by atoms with Crippen molar-refractivity contribution in [3.05, 3.63) is 0 Å². The van der Waals surface area contributed by atoms with Crippen molar-refractivity contribution in [2.75, 3.05) is 19.6 Å². The second-order valence-corrected chi connectivity index (χ2v) is 19.5. The summed E-state index contributed by atoms with van der Waals surface area (Å²) in [7, 11) is 0. The van der Waals surface area contributed by atoms with Gasteiger partial charge < -0.3 is 16.6 Å². The van der Waals surface area contributed by atoms with Crippen LogP contribution in [-0.2, 0) is 4.79 Å². The topological polar surface area (TPSA) is 92.6 Å². The molecule has 0 heterocycles. The van der Waals surface area contributed by atoms with Crippen molar-refractivity contribution in [2.24, 2.45) is 11.5 Å². The van der Waals surface area contributed by atoms with E-state index < -0.39 is 11.5 Å². The highest BCUT2D eigenvalue weighted by atomic mass is 35.5. The van der Waals surface area contributed by atoms with E-state index in [2.05, 4.69) is 32.6 Å². The van der Waals surface area contributed by atoms with Gasteiger partial charge in [-0.3, -0.25) is 9.69 Å². The molecule has 0 fully saturated rings. The number of carboxylic acid groups (broad SMARTS) is 1. The molecular formula is C54H112ClN3O2. The molecule has 0 saturated carbocycles. The quantitative estimate of drug-likeness (QED) is 0.0530. The summed E-state index contributed by atoms with van der Waals surface area (Å²) in [6.45, 7) is 10.4. The van der Waals surface area contributed by atoms with Crippen molar-refractivity contribution in [3.63, 3.8) is 0 Å². The van der Waals surface area contributed by atoms with Crippen LogP contribution in [0.25, 0.3) is 0 Å². The Bertz CT molecular complexity index is 809. The van der Waals surface area contributed by atoms with Crippen LogP contribution in [0, 0.1) is 0 Å². The van der Waals surface area contributed by atoms with Gasteiger partial charge in [0.15, 0.2) is 0 Å². The van der Waals surface area contributed by atoms with Gasteiger partial charge in [-0.15, -0.1) is 12.4 Å². The van der Waals surface area contributed by atoms with Gasteiger partial charge in [-0.2, -0.15) is 0 Å². The van der Waals surface area contributed by atoms with Gasteiger partial charge in [0.05, 0.1) is 6.54 Å². The molecule has 0 spiro atoms. The Morgan fingerprint density at radius 3 is 0.833 bits per heavy atom. The molecule has 6 heteroatoms. The molecule has 0 unspecified atom stereocenters. The summed E-state index contributed by atoms with van der Waals surface area (Å²) in [5, 5.41) is 10.4. The van der Waals surface area contributed by atoms with Crippen LogP contribution in [0.1, 0.15) is 310 Å². The predicted octanol–water partition coefficient (Wildman–Crippen LogP) is 17.4. The Balaban J connectivity index is 0. The van der Waals surface area contributed by atoms with E-state index in [1.807, 2.05) is 0 Å². The Labute approximate surface area is 384 Å². The SMILES string of the molecule is CCCCCCCCCCCCC(N)(CCCCCCCCCCCC)C(CCCCCCCCCCCC)(CCCCCCCCCCCC)N(CCN)CC(=O)O.Cl. The lowest BCUT2D eigenvalue weighted by Gasteiger charge is -2.56. The Morgan fingerprint density at radius 1 is 0.400 bits per heavy atom. The summed E-state index contributed by atoms with van der Waals surface area (Å²) < 4.78 is 0. The summed E-state index contributed by atoms with van der Waals surface area (Å²) in [5.41, 5.74) is 13.7. The maximum Gasteiger partial charge on any atom is 0.317 e. The van der Waals surface area contributed by atoms with E-state index in [0.29, 0.717) is 13.1 Å². The van der Waals surface area contributed by atoms with E-state index in [0.717, 1.165) is 51.4 Å². The highest BCUT2D eigenvalue weighted by Crippen LogP contribution is 2.43. The largest absolute Gasteiger partial charge is 0.480 e. The molecule has 0 aromatic carbocycles. The molecule has 5 N–H and O–H groups in total. The lowest BCUT2D eigenvalue weighted by Crippen LogP contribution is -2.70. The molecule has 0 aromatic rings. The second-order valence-electron chi connectivity index (χ2n) is 19.5. The fraction of sp³-hybridized carbons (Fsp3) is 0.981. The predicted molar refractivity (Wildman–Crippen MR) is 271 cm³/mol. The average Bonchev–Trinajstić information content (AvgIpc) is 3.22. The van der Waals surface area contributed by atoms with E-state index >= 15 is 0 Å². The molecule has 362 valence electrons. The molecule has 0 aliphatic carbocycles. The molecule has 0 aromatic heterocycles. The fourth-order valence-corrected chi connectivity index (χ4v) is 10.3. The average molecular weight is 871 g/mol.